The summed E-state index contributed by atoms with van der Waals surface area (Å²) >= 11 is 0. The van der Waals surface area contributed by atoms with Crippen LogP contribution < -0.4 is 0 Å². The summed E-state index contributed by atoms with van der Waals surface area (Å²) in [6, 6.07) is 9.93. The number of likely N-dealkylation sites (tertiary alicyclic amines) is 1. The molecule has 1 atom stereocenters. The Kier molecular flexibility index (Phi) is 4.80. The average molecular weight is 271 g/mol. The van der Waals surface area contributed by atoms with Gasteiger partial charge in [0.2, 0.25) is 11.7 Å². The van der Waals surface area contributed by atoms with Crippen LogP contribution in [-0.2, 0) is 16.1 Å². The first-order chi connectivity index (χ1) is 9.70. The van der Waals surface area contributed by atoms with Gasteiger partial charge in [0.15, 0.2) is 0 Å². The summed E-state index contributed by atoms with van der Waals surface area (Å²) in [6.07, 6.45) is 3.16. The average Bonchev–Trinajstić information content (AvgIpc) is 2.79. The van der Waals surface area contributed by atoms with Gasteiger partial charge in [-0.15, -0.1) is 0 Å². The molecule has 104 valence electrons. The van der Waals surface area contributed by atoms with Crippen molar-refractivity contribution >= 4 is 17.9 Å². The van der Waals surface area contributed by atoms with Crippen molar-refractivity contribution in [3.8, 4) is 0 Å². The zero-order chi connectivity index (χ0) is 14.4. The quantitative estimate of drug-likeness (QED) is 0.449. The third-order valence-electron chi connectivity index (χ3n) is 3.57. The van der Waals surface area contributed by atoms with Gasteiger partial charge in [-0.3, -0.25) is 9.59 Å². The molecule has 5 nitrogen and oxygen atoms in total. The number of hydrogen-bond donors (Lipinski definition) is 0. The first-order valence-electron chi connectivity index (χ1n) is 6.74. The van der Waals surface area contributed by atoms with E-state index in [9.17, 15) is 9.59 Å². The molecule has 20 heavy (non-hydrogen) atoms. The van der Waals surface area contributed by atoms with Crippen LogP contribution in [0.15, 0.2) is 30.3 Å². The highest BCUT2D eigenvalue weighted by Gasteiger charge is 2.30. The van der Waals surface area contributed by atoms with E-state index < -0.39 is 0 Å². The molecule has 0 radical (unpaired) electrons. The minimum Gasteiger partial charge on any atom is -0.361 e. The minimum atomic E-state index is -0.216. The molecular weight excluding hydrogens is 254 g/mol. The number of carbonyl (C=O) groups excluding carboxylic acids is 2. The van der Waals surface area contributed by atoms with Gasteiger partial charge in [0.05, 0.1) is 0 Å². The van der Waals surface area contributed by atoms with Gasteiger partial charge in [-0.1, -0.05) is 30.3 Å². The second-order valence-corrected chi connectivity index (χ2v) is 4.95. The van der Waals surface area contributed by atoms with E-state index in [0.29, 0.717) is 25.8 Å². The molecule has 1 unspecified atom stereocenters. The molecular formula is C15H17N3O2. The summed E-state index contributed by atoms with van der Waals surface area (Å²) in [5.74, 6) is -0.0753. The van der Waals surface area contributed by atoms with Crippen LogP contribution in [0.3, 0.4) is 0 Å². The highest BCUT2D eigenvalue weighted by Crippen LogP contribution is 2.24. The van der Waals surface area contributed by atoms with Crippen molar-refractivity contribution in [2.24, 2.45) is 0 Å². The van der Waals surface area contributed by atoms with Crippen LogP contribution in [-0.4, -0.2) is 33.6 Å². The summed E-state index contributed by atoms with van der Waals surface area (Å²) in [5, 5.41) is 0. The second-order valence-electron chi connectivity index (χ2n) is 4.95. The van der Waals surface area contributed by atoms with Crippen LogP contribution in [0, 0.1) is 0 Å². The number of carbonyl (C=O) groups is 2. The van der Waals surface area contributed by atoms with Crippen LogP contribution in [0.1, 0.15) is 31.2 Å². The molecule has 0 aromatic heterocycles. The van der Waals surface area contributed by atoms with Gasteiger partial charge in [-0.05, 0) is 18.4 Å². The molecule has 0 saturated carbocycles. The number of ketones is 1. The van der Waals surface area contributed by atoms with Crippen molar-refractivity contribution in [3.63, 3.8) is 0 Å². The van der Waals surface area contributed by atoms with Crippen LogP contribution in [0.2, 0.25) is 0 Å². The molecule has 1 heterocycles. The number of amides is 1. The standard InChI is InChI=1S/C15H17N3O2/c16-17-10-14(19)8-6-13-7-9-15(20)18(13)11-12-4-2-1-3-5-12/h1-5,10,13H,6-9,11H2. The van der Waals surface area contributed by atoms with Gasteiger partial charge in [0, 0.05) is 25.4 Å². The van der Waals surface area contributed by atoms with E-state index in [4.69, 9.17) is 5.53 Å². The van der Waals surface area contributed by atoms with Crippen molar-refractivity contribution in [1.82, 2.24) is 4.90 Å². The van der Waals surface area contributed by atoms with E-state index >= 15 is 0 Å². The maximum absolute atomic E-state index is 11.9. The maximum Gasteiger partial charge on any atom is 0.323 e. The van der Waals surface area contributed by atoms with Gasteiger partial charge in [0.25, 0.3) is 0 Å². The fraction of sp³-hybridized carbons (Fsp3) is 0.400. The highest BCUT2D eigenvalue weighted by molar-refractivity contribution is 6.25. The first-order valence-corrected chi connectivity index (χ1v) is 6.74. The Morgan fingerprint density at radius 3 is 2.85 bits per heavy atom. The molecule has 2 rings (SSSR count). The van der Waals surface area contributed by atoms with E-state index in [1.807, 2.05) is 35.2 Å². The number of Topliss-reactive ketones (excluding diaryl/α,β-unsaturated/α-hetero) is 1. The van der Waals surface area contributed by atoms with Crippen molar-refractivity contribution in [2.45, 2.75) is 38.3 Å². The summed E-state index contributed by atoms with van der Waals surface area (Å²) in [6.45, 7) is 0.590. The topological polar surface area (TPSA) is 73.8 Å². The number of nitrogens with zero attached hydrogens (tertiary/aromatic N) is 3. The molecule has 0 N–H and O–H groups in total. The Hall–Kier alpha value is -2.26. The number of rotatable bonds is 6. The fourth-order valence-electron chi connectivity index (χ4n) is 2.53. The lowest BCUT2D eigenvalue weighted by Crippen LogP contribution is -2.32. The largest absolute Gasteiger partial charge is 0.361 e. The van der Waals surface area contributed by atoms with Gasteiger partial charge in [0.1, 0.15) is 0 Å². The Balaban J connectivity index is 1.96. The van der Waals surface area contributed by atoms with Gasteiger partial charge < -0.3 is 10.4 Å². The van der Waals surface area contributed by atoms with Crippen molar-refractivity contribution < 1.29 is 14.4 Å². The zero-order valence-corrected chi connectivity index (χ0v) is 11.2. The van der Waals surface area contributed by atoms with Crippen LogP contribution in [0.25, 0.3) is 5.53 Å². The minimum absolute atomic E-state index is 0.0961. The lowest BCUT2D eigenvalue weighted by Gasteiger charge is -2.24. The first kappa shape index (κ1) is 14.2. The molecule has 1 amide bonds. The maximum atomic E-state index is 11.9. The lowest BCUT2D eigenvalue weighted by atomic mass is 10.1. The highest BCUT2D eigenvalue weighted by atomic mass is 16.2. The summed E-state index contributed by atoms with van der Waals surface area (Å²) < 4.78 is 0. The Bertz CT molecular complexity index is 535. The number of benzene rings is 1. The monoisotopic (exact) mass is 271 g/mol. The summed E-state index contributed by atoms with van der Waals surface area (Å²) in [7, 11) is 0. The van der Waals surface area contributed by atoms with Crippen LogP contribution in [0.5, 0.6) is 0 Å². The van der Waals surface area contributed by atoms with E-state index in [2.05, 4.69) is 4.79 Å². The zero-order valence-electron chi connectivity index (χ0n) is 11.2. The molecule has 1 aromatic carbocycles. The fourth-order valence-corrected chi connectivity index (χ4v) is 2.53. The Labute approximate surface area is 117 Å². The van der Waals surface area contributed by atoms with Gasteiger partial charge in [-0.25, -0.2) is 0 Å². The molecule has 1 aromatic rings. The molecule has 1 aliphatic heterocycles. The lowest BCUT2D eigenvalue weighted by molar-refractivity contribution is -0.130. The third kappa shape index (κ3) is 3.62. The van der Waals surface area contributed by atoms with Gasteiger partial charge in [-0.2, -0.15) is 4.79 Å². The molecule has 5 heteroatoms. The van der Waals surface area contributed by atoms with Gasteiger partial charge >= 0.3 is 6.21 Å². The smallest absolute Gasteiger partial charge is 0.323 e. The molecule has 0 aliphatic carbocycles. The molecule has 1 fully saturated rings. The molecule has 0 spiro atoms. The van der Waals surface area contributed by atoms with E-state index in [1.165, 1.54) is 0 Å². The van der Waals surface area contributed by atoms with Crippen LogP contribution >= 0.6 is 0 Å². The molecule has 1 saturated heterocycles. The number of hydrogen-bond acceptors (Lipinski definition) is 2. The van der Waals surface area contributed by atoms with E-state index in [1.54, 1.807) is 0 Å². The van der Waals surface area contributed by atoms with E-state index in [0.717, 1.165) is 18.2 Å². The Morgan fingerprint density at radius 2 is 2.15 bits per heavy atom. The van der Waals surface area contributed by atoms with Crippen molar-refractivity contribution in [3.05, 3.63) is 41.4 Å². The third-order valence-corrected chi connectivity index (χ3v) is 3.57. The normalized spacial score (nSPS) is 17.9. The SMILES string of the molecule is [N-]=[N+]=CC(=O)CCC1CCC(=O)N1Cc1ccccc1. The van der Waals surface area contributed by atoms with Crippen molar-refractivity contribution in [2.75, 3.05) is 0 Å². The molecule has 0 bridgehead atoms. The van der Waals surface area contributed by atoms with Crippen LogP contribution in [0.4, 0.5) is 0 Å². The summed E-state index contributed by atoms with van der Waals surface area (Å²) in [5.41, 5.74) is 9.40. The predicted octanol–water partition coefficient (Wildman–Crippen LogP) is 1.83. The second kappa shape index (κ2) is 6.78. The predicted molar refractivity (Wildman–Crippen MR) is 73.9 cm³/mol. The van der Waals surface area contributed by atoms with Crippen molar-refractivity contribution in [1.29, 1.82) is 0 Å². The molecule has 1 aliphatic rings. The van der Waals surface area contributed by atoms with E-state index in [-0.39, 0.29) is 17.7 Å². The summed E-state index contributed by atoms with van der Waals surface area (Å²) in [4.78, 5) is 27.8. The Morgan fingerprint density at radius 1 is 1.40 bits per heavy atom.